The van der Waals surface area contributed by atoms with Crippen molar-refractivity contribution < 1.29 is 9.53 Å². The Morgan fingerprint density at radius 3 is 2.64 bits per heavy atom. The maximum absolute atomic E-state index is 13.0. The lowest BCUT2D eigenvalue weighted by Crippen LogP contribution is -2.35. The van der Waals surface area contributed by atoms with E-state index >= 15 is 0 Å². The molecule has 1 unspecified atom stereocenters. The summed E-state index contributed by atoms with van der Waals surface area (Å²) in [5.74, 6) is 2.60. The predicted octanol–water partition coefficient (Wildman–Crippen LogP) is 4.99. The predicted molar refractivity (Wildman–Crippen MR) is 135 cm³/mol. The van der Waals surface area contributed by atoms with Crippen LogP contribution in [0.4, 0.5) is 10.6 Å². The van der Waals surface area contributed by atoms with Gasteiger partial charge in [-0.05, 0) is 69.5 Å². The van der Waals surface area contributed by atoms with Gasteiger partial charge in [-0.3, -0.25) is 9.47 Å². The van der Waals surface area contributed by atoms with Gasteiger partial charge < -0.3 is 9.64 Å². The lowest BCUT2D eigenvalue weighted by Gasteiger charge is -2.32. The molecule has 5 rings (SSSR count). The molecule has 0 bridgehead atoms. The summed E-state index contributed by atoms with van der Waals surface area (Å²) in [5, 5.41) is 19.0. The van der Waals surface area contributed by atoms with Gasteiger partial charge in [0.1, 0.15) is 23.4 Å². The first-order valence-corrected chi connectivity index (χ1v) is 12.6. The van der Waals surface area contributed by atoms with Gasteiger partial charge >= 0.3 is 6.09 Å². The molecule has 1 amide bonds. The number of aromatic nitrogens is 4. The van der Waals surface area contributed by atoms with Crippen molar-refractivity contribution in [2.45, 2.75) is 58.2 Å². The van der Waals surface area contributed by atoms with Crippen LogP contribution in [0.2, 0.25) is 5.02 Å². The Morgan fingerprint density at radius 1 is 1.17 bits per heavy atom. The second kappa shape index (κ2) is 9.78. The van der Waals surface area contributed by atoms with E-state index in [0.29, 0.717) is 23.1 Å². The Hall–Kier alpha value is -3.64. The number of halogens is 1. The summed E-state index contributed by atoms with van der Waals surface area (Å²) in [4.78, 5) is 21.3. The normalized spacial score (nSPS) is 17.8. The van der Waals surface area contributed by atoms with Crippen molar-refractivity contribution in [1.29, 1.82) is 5.26 Å². The molecule has 0 N–H and O–H groups in total. The van der Waals surface area contributed by atoms with Crippen LogP contribution in [0.1, 0.15) is 68.5 Å². The first-order chi connectivity index (χ1) is 17.4. The monoisotopic (exact) mass is 505 g/mol. The van der Waals surface area contributed by atoms with Gasteiger partial charge in [0.2, 0.25) is 0 Å². The Kier molecular flexibility index (Phi) is 6.54. The highest BCUT2D eigenvalue weighted by molar-refractivity contribution is 6.30. The fourth-order valence-electron chi connectivity index (χ4n) is 4.97. The van der Waals surface area contributed by atoms with Crippen LogP contribution in [0.3, 0.4) is 0 Å². The van der Waals surface area contributed by atoms with E-state index in [-0.39, 0.29) is 24.2 Å². The molecule has 3 aromatic rings. The van der Waals surface area contributed by atoms with E-state index in [4.69, 9.17) is 16.3 Å². The molecule has 36 heavy (non-hydrogen) atoms. The number of nitriles is 1. The third-order valence-corrected chi connectivity index (χ3v) is 7.02. The van der Waals surface area contributed by atoms with Gasteiger partial charge in [0.05, 0.1) is 24.4 Å². The van der Waals surface area contributed by atoms with Gasteiger partial charge in [-0.15, -0.1) is 10.2 Å². The van der Waals surface area contributed by atoms with Crippen LogP contribution in [0.15, 0.2) is 36.4 Å². The molecular weight excluding hydrogens is 478 g/mol. The van der Waals surface area contributed by atoms with Crippen molar-refractivity contribution in [2.24, 2.45) is 0 Å². The first-order valence-electron chi connectivity index (χ1n) is 12.2. The molecule has 0 aliphatic carbocycles. The van der Waals surface area contributed by atoms with Gasteiger partial charge in [0.25, 0.3) is 0 Å². The van der Waals surface area contributed by atoms with Gasteiger partial charge in [-0.25, -0.2) is 9.78 Å². The van der Waals surface area contributed by atoms with Gasteiger partial charge in [0, 0.05) is 24.0 Å². The van der Waals surface area contributed by atoms with Crippen LogP contribution in [0.25, 0.3) is 5.69 Å². The number of hydrogen-bond acceptors (Lipinski definition) is 7. The fraction of sp³-hybridized carbons (Fsp3) is 0.423. The molecule has 10 heteroatoms. The summed E-state index contributed by atoms with van der Waals surface area (Å²) in [7, 11) is 0. The van der Waals surface area contributed by atoms with E-state index in [1.807, 2.05) is 51.1 Å². The van der Waals surface area contributed by atoms with E-state index in [1.165, 1.54) is 0 Å². The molecule has 1 saturated heterocycles. The van der Waals surface area contributed by atoms with Crippen LogP contribution < -0.4 is 4.90 Å². The highest BCUT2D eigenvalue weighted by atomic mass is 35.5. The minimum Gasteiger partial charge on any atom is -0.447 e. The first kappa shape index (κ1) is 24.1. The Labute approximate surface area is 215 Å². The molecular formula is C26H28ClN7O2. The van der Waals surface area contributed by atoms with Gasteiger partial charge in [-0.2, -0.15) is 5.26 Å². The van der Waals surface area contributed by atoms with Crippen molar-refractivity contribution in [3.05, 3.63) is 64.3 Å². The molecule has 186 valence electrons. The van der Waals surface area contributed by atoms with Crippen LogP contribution in [0.5, 0.6) is 0 Å². The molecule has 9 nitrogen and oxygen atoms in total. The maximum atomic E-state index is 13.0. The quantitative estimate of drug-likeness (QED) is 0.494. The smallest absolute Gasteiger partial charge is 0.410 e. The zero-order chi connectivity index (χ0) is 25.4. The summed E-state index contributed by atoms with van der Waals surface area (Å²) in [6, 6.07) is 13.0. The highest BCUT2D eigenvalue weighted by Gasteiger charge is 2.36. The standard InChI is InChI=1S/C26H28ClN7O2/c1-16(2)36-26(35)33-15-19-13-20(27)7-8-22(19)34-24(17(33)3)30-31-25(34)18-9-11-32(12-10-18)23-6-4-5-21(14-28)29-23/h4-8,13,16-18H,9-12,15H2,1-3H3. The average Bonchev–Trinajstić information content (AvgIpc) is 3.27. The largest absolute Gasteiger partial charge is 0.447 e. The van der Waals surface area contributed by atoms with Crippen LogP contribution >= 0.6 is 11.6 Å². The summed E-state index contributed by atoms with van der Waals surface area (Å²) in [5.41, 5.74) is 2.28. The molecule has 1 aromatic carbocycles. The molecule has 1 fully saturated rings. The highest BCUT2D eigenvalue weighted by Crippen LogP contribution is 2.37. The minimum absolute atomic E-state index is 0.187. The van der Waals surface area contributed by atoms with Gasteiger partial charge in [0.15, 0.2) is 5.82 Å². The number of anilines is 1. The molecule has 2 aromatic heterocycles. The number of carbonyl (C=O) groups is 1. The van der Waals surface area contributed by atoms with Gasteiger partial charge in [-0.1, -0.05) is 17.7 Å². The number of hydrogen-bond donors (Lipinski definition) is 0. The zero-order valence-corrected chi connectivity index (χ0v) is 21.3. The Bertz CT molecular complexity index is 1320. The number of piperidine rings is 1. The minimum atomic E-state index is -0.387. The summed E-state index contributed by atoms with van der Waals surface area (Å²) in [6.45, 7) is 7.59. The average molecular weight is 506 g/mol. The second-order valence-electron chi connectivity index (χ2n) is 9.52. The van der Waals surface area contributed by atoms with Crippen LogP contribution in [0, 0.1) is 11.3 Å². The van der Waals surface area contributed by atoms with E-state index in [1.54, 1.807) is 11.0 Å². The number of carbonyl (C=O) groups excluding carboxylic acids is 1. The third kappa shape index (κ3) is 4.49. The number of fused-ring (bicyclic) bond motifs is 3. The Morgan fingerprint density at radius 2 is 1.92 bits per heavy atom. The lowest BCUT2D eigenvalue weighted by atomic mass is 9.95. The molecule has 0 spiro atoms. The third-order valence-electron chi connectivity index (χ3n) is 6.78. The molecule has 0 saturated carbocycles. The lowest BCUT2D eigenvalue weighted by molar-refractivity contribution is 0.0618. The second-order valence-corrected chi connectivity index (χ2v) is 9.95. The zero-order valence-electron chi connectivity index (χ0n) is 20.6. The summed E-state index contributed by atoms with van der Waals surface area (Å²) < 4.78 is 7.64. The van der Waals surface area contributed by atoms with Crippen LogP contribution in [-0.4, -0.2) is 49.9 Å². The number of rotatable bonds is 3. The van der Waals surface area contributed by atoms with Crippen molar-refractivity contribution in [3.8, 4) is 11.8 Å². The van der Waals surface area contributed by atoms with Crippen molar-refractivity contribution >= 4 is 23.5 Å². The molecule has 0 radical (unpaired) electrons. The SMILES string of the molecule is CC(C)OC(=O)N1Cc2cc(Cl)ccc2-n2c(C3CCN(c4cccc(C#N)n4)CC3)nnc2C1C. The summed E-state index contributed by atoms with van der Waals surface area (Å²) in [6.07, 6.45) is 1.12. The molecule has 2 aliphatic rings. The van der Waals surface area contributed by atoms with Crippen molar-refractivity contribution in [3.63, 3.8) is 0 Å². The number of ether oxygens (including phenoxy) is 1. The van der Waals surface area contributed by atoms with E-state index in [9.17, 15) is 10.1 Å². The van der Waals surface area contributed by atoms with Crippen molar-refractivity contribution in [2.75, 3.05) is 18.0 Å². The number of pyridine rings is 1. The number of nitrogens with zero attached hydrogens (tertiary/aromatic N) is 7. The molecule has 1 atom stereocenters. The Balaban J connectivity index is 1.47. The molecule has 4 heterocycles. The fourth-order valence-corrected chi connectivity index (χ4v) is 5.16. The van der Waals surface area contributed by atoms with E-state index in [2.05, 4.69) is 30.7 Å². The maximum Gasteiger partial charge on any atom is 0.410 e. The number of amides is 1. The topological polar surface area (TPSA) is 100 Å². The van der Waals surface area contributed by atoms with Crippen LogP contribution in [-0.2, 0) is 11.3 Å². The molecule has 2 aliphatic heterocycles. The summed E-state index contributed by atoms with van der Waals surface area (Å²) >= 11 is 6.36. The van der Waals surface area contributed by atoms with Crippen molar-refractivity contribution in [1.82, 2.24) is 24.6 Å². The van der Waals surface area contributed by atoms with E-state index in [0.717, 1.165) is 48.8 Å². The number of benzene rings is 1. The van der Waals surface area contributed by atoms with E-state index < -0.39 is 0 Å².